The molecule has 0 spiro atoms. The molecule has 1 amide bonds. The van der Waals surface area contributed by atoms with Crippen LogP contribution in [0.1, 0.15) is 5.56 Å². The Morgan fingerprint density at radius 2 is 1.59 bits per heavy atom. The second-order valence-corrected chi connectivity index (χ2v) is 6.70. The van der Waals surface area contributed by atoms with E-state index in [1.807, 2.05) is 0 Å². The molecule has 0 radical (unpaired) electrons. The molecule has 3 nitrogen and oxygen atoms in total. The predicted octanol–water partition coefficient (Wildman–Crippen LogP) is 5.66. The second-order valence-electron chi connectivity index (χ2n) is 5.26. The number of amides is 1. The highest BCUT2D eigenvalue weighted by Gasteiger charge is 2.83. The zero-order valence-electron chi connectivity index (χ0n) is 12.7. The van der Waals surface area contributed by atoms with Crippen molar-refractivity contribution in [2.24, 2.45) is 0 Å². The number of thiazole rings is 1. The minimum absolute atomic E-state index is 0.0570. The van der Waals surface area contributed by atoms with E-state index in [0.717, 1.165) is 5.32 Å². The molecule has 0 atom stereocenters. The van der Waals surface area contributed by atoms with Crippen LogP contribution in [-0.4, -0.2) is 34.8 Å². The molecule has 27 heavy (non-hydrogen) atoms. The Balaban J connectivity index is 2.36. The van der Waals surface area contributed by atoms with E-state index in [1.165, 1.54) is 12.1 Å². The van der Waals surface area contributed by atoms with E-state index in [9.17, 15) is 44.3 Å². The maximum Gasteiger partial charge on any atom is 0.460 e. The van der Waals surface area contributed by atoms with Crippen LogP contribution >= 0.6 is 22.9 Å². The summed E-state index contributed by atoms with van der Waals surface area (Å²) < 4.78 is 115. The number of fused-ring (bicyclic) bond motifs is 1. The van der Waals surface area contributed by atoms with Crippen LogP contribution in [0, 0.1) is 6.92 Å². The van der Waals surface area contributed by atoms with Crippen LogP contribution in [0.15, 0.2) is 12.1 Å². The Hall–Kier alpha value is -1.76. The molecule has 0 aliphatic carbocycles. The summed E-state index contributed by atoms with van der Waals surface area (Å²) in [4.78, 5) is 14.9. The van der Waals surface area contributed by atoms with Gasteiger partial charge in [0.25, 0.3) is 0 Å². The predicted molar refractivity (Wildman–Crippen MR) is 78.9 cm³/mol. The molecule has 0 bridgehead atoms. The van der Waals surface area contributed by atoms with Crippen LogP contribution in [0.2, 0.25) is 5.02 Å². The Kier molecular flexibility index (Phi) is 5.10. The monoisotopic (exact) mass is 444 g/mol. The first-order chi connectivity index (χ1) is 12.0. The molecule has 0 fully saturated rings. The average Bonchev–Trinajstić information content (AvgIpc) is 2.87. The molecular formula is C13H6ClF9N2OS. The number of halogens is 10. The van der Waals surface area contributed by atoms with Gasteiger partial charge in [-0.15, -0.1) is 0 Å². The summed E-state index contributed by atoms with van der Waals surface area (Å²) in [5, 5.41) is 0.616. The Morgan fingerprint density at radius 3 is 2.11 bits per heavy atom. The average molecular weight is 445 g/mol. The zero-order chi connectivity index (χ0) is 21.0. The van der Waals surface area contributed by atoms with Crippen LogP contribution in [0.25, 0.3) is 10.2 Å². The third-order valence-corrected chi connectivity index (χ3v) is 4.66. The summed E-state index contributed by atoms with van der Waals surface area (Å²) >= 11 is 6.29. The van der Waals surface area contributed by atoms with Gasteiger partial charge in [0, 0.05) is 5.02 Å². The highest BCUT2D eigenvalue weighted by molar-refractivity contribution is 7.22. The number of rotatable bonds is 4. The molecule has 1 heterocycles. The summed E-state index contributed by atoms with van der Waals surface area (Å²) in [5.41, 5.74) is 0.578. The first kappa shape index (κ1) is 21.5. The minimum atomic E-state index is -7.15. The van der Waals surface area contributed by atoms with Crippen LogP contribution in [-0.2, 0) is 4.79 Å². The van der Waals surface area contributed by atoms with Gasteiger partial charge in [-0.1, -0.05) is 22.9 Å². The summed E-state index contributed by atoms with van der Waals surface area (Å²) in [5.74, 6) is -23.7. The second kappa shape index (κ2) is 6.40. The summed E-state index contributed by atoms with van der Waals surface area (Å²) in [6.07, 6.45) is -7.01. The van der Waals surface area contributed by atoms with Crippen molar-refractivity contribution >= 4 is 44.2 Å². The Morgan fingerprint density at radius 1 is 1.04 bits per heavy atom. The molecule has 0 aliphatic heterocycles. The lowest BCUT2D eigenvalue weighted by Crippen LogP contribution is -2.64. The molecule has 0 unspecified atom stereocenters. The number of carbonyl (C=O) groups excluding carboxylic acids is 1. The van der Waals surface area contributed by atoms with Crippen LogP contribution in [0.3, 0.4) is 0 Å². The molecule has 150 valence electrons. The van der Waals surface area contributed by atoms with Crippen molar-refractivity contribution in [2.45, 2.75) is 30.9 Å². The van der Waals surface area contributed by atoms with Crippen molar-refractivity contribution in [1.82, 2.24) is 4.98 Å². The zero-order valence-corrected chi connectivity index (χ0v) is 14.3. The van der Waals surface area contributed by atoms with Gasteiger partial charge in [-0.05, 0) is 24.6 Å². The summed E-state index contributed by atoms with van der Waals surface area (Å²) in [6.45, 7) is 1.56. The molecule has 0 saturated carbocycles. The molecule has 1 aromatic heterocycles. The van der Waals surface area contributed by atoms with Gasteiger partial charge in [0.1, 0.15) is 0 Å². The number of benzene rings is 1. The molecule has 0 saturated heterocycles. The third kappa shape index (κ3) is 3.42. The maximum absolute atomic E-state index is 13.5. The first-order valence-corrected chi connectivity index (χ1v) is 7.80. The van der Waals surface area contributed by atoms with E-state index in [0.29, 0.717) is 16.9 Å². The van der Waals surface area contributed by atoms with Crippen molar-refractivity contribution < 1.29 is 44.3 Å². The third-order valence-electron chi connectivity index (χ3n) is 3.32. The summed E-state index contributed by atoms with van der Waals surface area (Å²) in [7, 11) is 0. The number of hydrogen-bond acceptors (Lipinski definition) is 3. The van der Waals surface area contributed by atoms with Gasteiger partial charge in [-0.3, -0.25) is 10.1 Å². The van der Waals surface area contributed by atoms with Gasteiger partial charge in [0.2, 0.25) is 0 Å². The number of carbonyl (C=O) groups is 1. The van der Waals surface area contributed by atoms with Gasteiger partial charge in [0.05, 0.1) is 10.2 Å². The number of aromatic nitrogens is 1. The number of alkyl halides is 9. The van der Waals surface area contributed by atoms with E-state index < -0.39 is 35.0 Å². The van der Waals surface area contributed by atoms with Crippen molar-refractivity contribution in [3.63, 3.8) is 0 Å². The van der Waals surface area contributed by atoms with Crippen LogP contribution in [0.5, 0.6) is 0 Å². The lowest BCUT2D eigenvalue weighted by Gasteiger charge is -2.32. The SMILES string of the molecule is Cc1cc2sc(NC(=O)C(F)(F)C(F)(F)C(F)(F)C(F)(F)F)nc2cc1Cl. The molecule has 0 aliphatic rings. The van der Waals surface area contributed by atoms with E-state index >= 15 is 0 Å². The minimum Gasteiger partial charge on any atom is -0.296 e. The van der Waals surface area contributed by atoms with Crippen LogP contribution < -0.4 is 5.32 Å². The largest absolute Gasteiger partial charge is 0.460 e. The lowest BCUT2D eigenvalue weighted by atomic mass is 10.0. The van der Waals surface area contributed by atoms with Gasteiger partial charge in [-0.25, -0.2) is 4.98 Å². The number of hydrogen-bond donors (Lipinski definition) is 1. The normalized spacial score (nSPS) is 13.9. The number of nitrogens with one attached hydrogen (secondary N) is 1. The standard InChI is InChI=1S/C13H6ClF9N2OS/c1-4-2-7-6(3-5(4)14)24-9(27-7)25-8(26)10(15,16)11(17,18)12(19,20)13(21,22)23/h2-3H,1H3,(H,24,25,26). The van der Waals surface area contributed by atoms with Crippen molar-refractivity contribution in [2.75, 3.05) is 5.32 Å². The maximum atomic E-state index is 13.5. The molecule has 2 rings (SSSR count). The highest BCUT2D eigenvalue weighted by atomic mass is 35.5. The first-order valence-electron chi connectivity index (χ1n) is 6.60. The van der Waals surface area contributed by atoms with E-state index in [2.05, 4.69) is 4.98 Å². The Bertz CT molecular complexity index is 855. The van der Waals surface area contributed by atoms with E-state index in [4.69, 9.17) is 11.6 Å². The topological polar surface area (TPSA) is 42.0 Å². The summed E-state index contributed by atoms with van der Waals surface area (Å²) in [6, 6.07) is 2.67. The van der Waals surface area contributed by atoms with E-state index in [-0.39, 0.29) is 15.2 Å². The quantitative estimate of drug-likeness (QED) is 0.618. The van der Waals surface area contributed by atoms with Crippen LogP contribution in [0.4, 0.5) is 44.6 Å². The van der Waals surface area contributed by atoms with Gasteiger partial charge >= 0.3 is 29.9 Å². The highest BCUT2D eigenvalue weighted by Crippen LogP contribution is 2.53. The van der Waals surface area contributed by atoms with Crippen molar-refractivity contribution in [3.8, 4) is 0 Å². The smallest absolute Gasteiger partial charge is 0.296 e. The van der Waals surface area contributed by atoms with Gasteiger partial charge in [-0.2, -0.15) is 39.5 Å². The number of nitrogens with zero attached hydrogens (tertiary/aromatic N) is 1. The van der Waals surface area contributed by atoms with Gasteiger partial charge < -0.3 is 0 Å². The fraction of sp³-hybridized carbons (Fsp3) is 0.385. The Labute approximate surface area is 153 Å². The molecule has 14 heteroatoms. The van der Waals surface area contributed by atoms with E-state index in [1.54, 1.807) is 6.92 Å². The number of aryl methyl sites for hydroxylation is 1. The molecule has 1 N–H and O–H groups in total. The van der Waals surface area contributed by atoms with Gasteiger partial charge in [0.15, 0.2) is 5.13 Å². The molecule has 2 aromatic rings. The molecular weight excluding hydrogens is 439 g/mol. The lowest BCUT2D eigenvalue weighted by molar-refractivity contribution is -0.388. The fourth-order valence-corrected chi connectivity index (χ4v) is 2.90. The van der Waals surface area contributed by atoms with Crippen molar-refractivity contribution in [3.05, 3.63) is 22.7 Å². The fourth-order valence-electron chi connectivity index (χ4n) is 1.80. The number of anilines is 1. The molecule has 1 aromatic carbocycles. The van der Waals surface area contributed by atoms with Crippen molar-refractivity contribution in [1.29, 1.82) is 0 Å².